The quantitative estimate of drug-likeness (QED) is 0.778. The number of aliphatic carboxylic acids is 1. The predicted octanol–water partition coefficient (Wildman–Crippen LogP) is 1.77. The lowest BCUT2D eigenvalue weighted by Gasteiger charge is -2.34. The van der Waals surface area contributed by atoms with E-state index < -0.39 is 11.9 Å². The molecule has 5 nitrogen and oxygen atoms in total. The van der Waals surface area contributed by atoms with E-state index in [0.29, 0.717) is 32.6 Å². The predicted molar refractivity (Wildman–Crippen MR) is 77.6 cm³/mol. The molecule has 2 rings (SSSR count). The third-order valence-electron chi connectivity index (χ3n) is 3.97. The number of likely N-dealkylation sites (N-methyl/N-ethyl adjacent to an activating group) is 1. The summed E-state index contributed by atoms with van der Waals surface area (Å²) in [6, 6.07) is 9.84. The standard InChI is InChI=1S/C16H21NO4/c1-17(15(18)13-7-8-14(13)16(19)20)9-10-21-11-12-5-3-2-4-6-12/h2-6,13-14H,7-11H2,1H3,(H,19,20). The van der Waals surface area contributed by atoms with Crippen molar-refractivity contribution in [2.75, 3.05) is 20.2 Å². The van der Waals surface area contributed by atoms with Crippen LogP contribution in [-0.4, -0.2) is 42.1 Å². The van der Waals surface area contributed by atoms with Gasteiger partial charge in [0.15, 0.2) is 0 Å². The van der Waals surface area contributed by atoms with Gasteiger partial charge in [0.05, 0.1) is 25.0 Å². The molecule has 1 aliphatic carbocycles. The van der Waals surface area contributed by atoms with E-state index in [1.165, 1.54) is 0 Å². The van der Waals surface area contributed by atoms with Crippen LogP contribution in [0.5, 0.6) is 0 Å². The van der Waals surface area contributed by atoms with Crippen molar-refractivity contribution in [2.24, 2.45) is 11.8 Å². The fourth-order valence-corrected chi connectivity index (χ4v) is 2.45. The molecule has 1 aromatic carbocycles. The molecule has 0 saturated heterocycles. The highest BCUT2D eigenvalue weighted by Gasteiger charge is 2.42. The van der Waals surface area contributed by atoms with Gasteiger partial charge < -0.3 is 14.7 Å². The molecule has 21 heavy (non-hydrogen) atoms. The van der Waals surface area contributed by atoms with Gasteiger partial charge in [-0.15, -0.1) is 0 Å². The highest BCUT2D eigenvalue weighted by Crippen LogP contribution is 2.35. The second kappa shape index (κ2) is 7.22. The molecule has 1 aliphatic rings. The van der Waals surface area contributed by atoms with Gasteiger partial charge >= 0.3 is 5.97 Å². The first-order valence-corrected chi connectivity index (χ1v) is 7.19. The number of hydrogen-bond donors (Lipinski definition) is 1. The molecule has 0 aliphatic heterocycles. The van der Waals surface area contributed by atoms with Crippen LogP contribution in [0, 0.1) is 11.8 Å². The van der Waals surface area contributed by atoms with Crippen LogP contribution >= 0.6 is 0 Å². The van der Waals surface area contributed by atoms with Gasteiger partial charge in [-0.1, -0.05) is 30.3 Å². The first-order chi connectivity index (χ1) is 10.1. The fraction of sp³-hybridized carbons (Fsp3) is 0.500. The van der Waals surface area contributed by atoms with Crippen molar-refractivity contribution in [3.05, 3.63) is 35.9 Å². The smallest absolute Gasteiger partial charge is 0.307 e. The normalized spacial score (nSPS) is 20.6. The molecule has 2 unspecified atom stereocenters. The van der Waals surface area contributed by atoms with Gasteiger partial charge in [-0.25, -0.2) is 0 Å². The molecule has 114 valence electrons. The Hall–Kier alpha value is -1.88. The van der Waals surface area contributed by atoms with Gasteiger partial charge in [0, 0.05) is 13.6 Å². The van der Waals surface area contributed by atoms with Crippen LogP contribution < -0.4 is 0 Å². The summed E-state index contributed by atoms with van der Waals surface area (Å²) >= 11 is 0. The lowest BCUT2D eigenvalue weighted by Crippen LogP contribution is -2.45. The zero-order valence-corrected chi connectivity index (χ0v) is 12.2. The number of rotatable bonds is 7. The number of amides is 1. The molecular weight excluding hydrogens is 270 g/mol. The second-order valence-corrected chi connectivity index (χ2v) is 5.43. The maximum absolute atomic E-state index is 12.1. The van der Waals surface area contributed by atoms with Crippen molar-refractivity contribution in [1.82, 2.24) is 4.90 Å². The third-order valence-corrected chi connectivity index (χ3v) is 3.97. The molecule has 1 fully saturated rings. The maximum Gasteiger partial charge on any atom is 0.307 e. The molecule has 5 heteroatoms. The number of carbonyl (C=O) groups excluding carboxylic acids is 1. The minimum Gasteiger partial charge on any atom is -0.481 e. The average molecular weight is 291 g/mol. The number of ether oxygens (including phenoxy) is 1. The van der Waals surface area contributed by atoms with Crippen molar-refractivity contribution >= 4 is 11.9 Å². The van der Waals surface area contributed by atoms with E-state index in [9.17, 15) is 9.59 Å². The van der Waals surface area contributed by atoms with E-state index in [1.807, 2.05) is 30.3 Å². The number of benzene rings is 1. The van der Waals surface area contributed by atoms with E-state index in [-0.39, 0.29) is 11.8 Å². The maximum atomic E-state index is 12.1. The molecule has 1 aromatic rings. The van der Waals surface area contributed by atoms with Crippen molar-refractivity contribution in [3.8, 4) is 0 Å². The topological polar surface area (TPSA) is 66.8 Å². The summed E-state index contributed by atoms with van der Waals surface area (Å²) in [6.07, 6.45) is 1.27. The molecule has 1 amide bonds. The molecule has 0 aromatic heterocycles. The van der Waals surface area contributed by atoms with Gasteiger partial charge in [0.2, 0.25) is 5.91 Å². The average Bonchev–Trinajstić information content (AvgIpc) is 2.42. The Balaban J connectivity index is 1.68. The minimum absolute atomic E-state index is 0.0861. The van der Waals surface area contributed by atoms with Crippen molar-refractivity contribution < 1.29 is 19.4 Å². The van der Waals surface area contributed by atoms with Gasteiger partial charge in [0.1, 0.15) is 0 Å². The van der Waals surface area contributed by atoms with Crippen LogP contribution in [0.1, 0.15) is 18.4 Å². The van der Waals surface area contributed by atoms with Crippen LogP contribution in [-0.2, 0) is 20.9 Å². The second-order valence-electron chi connectivity index (χ2n) is 5.43. The van der Waals surface area contributed by atoms with Crippen LogP contribution in [0.4, 0.5) is 0 Å². The highest BCUT2D eigenvalue weighted by molar-refractivity contribution is 5.86. The van der Waals surface area contributed by atoms with Gasteiger partial charge in [-0.3, -0.25) is 9.59 Å². The number of carboxylic acids is 1. The Morgan fingerprint density at radius 3 is 2.48 bits per heavy atom. The molecule has 0 radical (unpaired) electrons. The SMILES string of the molecule is CN(CCOCc1ccccc1)C(=O)C1CCC1C(=O)O. The Kier molecular flexibility index (Phi) is 5.33. The summed E-state index contributed by atoms with van der Waals surface area (Å²) in [4.78, 5) is 24.6. The van der Waals surface area contributed by atoms with Crippen LogP contribution in [0.2, 0.25) is 0 Å². The third kappa shape index (κ3) is 4.04. The summed E-state index contributed by atoms with van der Waals surface area (Å²) in [5.74, 6) is -1.82. The molecule has 1 saturated carbocycles. The van der Waals surface area contributed by atoms with Gasteiger partial charge in [0.25, 0.3) is 0 Å². The highest BCUT2D eigenvalue weighted by atomic mass is 16.5. The molecule has 1 N–H and O–H groups in total. The van der Waals surface area contributed by atoms with Crippen LogP contribution in [0.15, 0.2) is 30.3 Å². The van der Waals surface area contributed by atoms with E-state index in [1.54, 1.807) is 11.9 Å². The van der Waals surface area contributed by atoms with Crippen molar-refractivity contribution in [1.29, 1.82) is 0 Å². The minimum atomic E-state index is -0.867. The Morgan fingerprint density at radius 2 is 1.90 bits per heavy atom. The Bertz CT molecular complexity index is 488. The van der Waals surface area contributed by atoms with Crippen molar-refractivity contribution in [2.45, 2.75) is 19.4 Å². The summed E-state index contributed by atoms with van der Waals surface area (Å²) in [5.41, 5.74) is 1.09. The fourth-order valence-electron chi connectivity index (χ4n) is 2.45. The first-order valence-electron chi connectivity index (χ1n) is 7.19. The summed E-state index contributed by atoms with van der Waals surface area (Å²) in [7, 11) is 1.70. The van der Waals surface area contributed by atoms with E-state index in [2.05, 4.69) is 0 Å². The summed E-state index contributed by atoms with van der Waals surface area (Å²) < 4.78 is 5.54. The van der Waals surface area contributed by atoms with E-state index >= 15 is 0 Å². The Morgan fingerprint density at radius 1 is 1.24 bits per heavy atom. The number of carbonyl (C=O) groups is 2. The number of hydrogen-bond acceptors (Lipinski definition) is 3. The molecule has 2 atom stereocenters. The molecule has 0 bridgehead atoms. The zero-order valence-electron chi connectivity index (χ0n) is 12.2. The van der Waals surface area contributed by atoms with E-state index in [0.717, 1.165) is 5.56 Å². The molecule has 0 spiro atoms. The summed E-state index contributed by atoms with van der Waals surface area (Å²) in [6.45, 7) is 1.44. The number of nitrogens with zero attached hydrogens (tertiary/aromatic N) is 1. The number of carboxylic acid groups (broad SMARTS) is 1. The first kappa shape index (κ1) is 15.5. The van der Waals surface area contributed by atoms with Crippen LogP contribution in [0.3, 0.4) is 0 Å². The largest absolute Gasteiger partial charge is 0.481 e. The Labute approximate surface area is 124 Å². The monoisotopic (exact) mass is 291 g/mol. The lowest BCUT2D eigenvalue weighted by molar-refractivity contribution is -0.156. The van der Waals surface area contributed by atoms with Gasteiger partial charge in [-0.2, -0.15) is 0 Å². The van der Waals surface area contributed by atoms with Crippen molar-refractivity contribution in [3.63, 3.8) is 0 Å². The van der Waals surface area contributed by atoms with E-state index in [4.69, 9.17) is 9.84 Å². The zero-order chi connectivity index (χ0) is 15.2. The van der Waals surface area contributed by atoms with Crippen LogP contribution in [0.25, 0.3) is 0 Å². The summed E-state index contributed by atoms with van der Waals surface area (Å²) in [5, 5.41) is 8.98. The lowest BCUT2D eigenvalue weighted by atomic mass is 9.73. The van der Waals surface area contributed by atoms with Gasteiger partial charge in [-0.05, 0) is 18.4 Å². The molecular formula is C16H21NO4. The molecule has 0 heterocycles.